The van der Waals surface area contributed by atoms with E-state index in [1.54, 1.807) is 0 Å². The molecule has 2 aromatic heterocycles. The Balaban J connectivity index is 1.36. The average molecular weight is 386 g/mol. The molecule has 3 heterocycles. The lowest BCUT2D eigenvalue weighted by molar-refractivity contribution is 0.0312. The third-order valence-corrected chi connectivity index (χ3v) is 6.08. The highest BCUT2D eigenvalue weighted by molar-refractivity contribution is 5.94. The number of para-hydroxylation sites is 1. The minimum Gasteiger partial charge on any atom is -0.474 e. The molecule has 29 heavy (non-hydrogen) atoms. The molecule has 0 fully saturated rings. The largest absolute Gasteiger partial charge is 0.474 e. The van der Waals surface area contributed by atoms with Gasteiger partial charge < -0.3 is 14.7 Å². The van der Waals surface area contributed by atoms with Crippen LogP contribution < -0.4 is 4.74 Å². The van der Waals surface area contributed by atoms with Gasteiger partial charge in [-0.05, 0) is 49.1 Å². The molecule has 1 unspecified atom stereocenters. The fourth-order valence-corrected chi connectivity index (χ4v) is 4.48. The number of rotatable bonds is 5. The zero-order valence-electron chi connectivity index (χ0n) is 17.0. The predicted molar refractivity (Wildman–Crippen MR) is 120 cm³/mol. The molecule has 0 spiro atoms. The normalized spacial score (nSPS) is 16.3. The fraction of sp³-hybridized carbons (Fsp3) is 0.280. The van der Waals surface area contributed by atoms with Crippen molar-refractivity contribution in [3.05, 3.63) is 72.1 Å². The number of fused-ring (bicyclic) bond motifs is 2. The van der Waals surface area contributed by atoms with Gasteiger partial charge in [-0.2, -0.15) is 0 Å². The lowest BCUT2D eigenvalue weighted by atomic mass is 9.98. The van der Waals surface area contributed by atoms with Gasteiger partial charge in [0.05, 0.1) is 0 Å². The van der Waals surface area contributed by atoms with Gasteiger partial charge in [-0.25, -0.2) is 0 Å². The summed E-state index contributed by atoms with van der Waals surface area (Å²) in [6, 6.07) is 14.8. The molecule has 0 radical (unpaired) electrons. The SMILES string of the molecule is CCC(Oc1cccc2[nH]ccc12)N1CC=C(c2c[nH]c3c(C)cccc23)CC1. The summed E-state index contributed by atoms with van der Waals surface area (Å²) in [7, 11) is 0. The molecule has 1 aliphatic heterocycles. The molecule has 0 saturated heterocycles. The summed E-state index contributed by atoms with van der Waals surface area (Å²) in [5.41, 5.74) is 6.44. The summed E-state index contributed by atoms with van der Waals surface area (Å²) < 4.78 is 6.46. The van der Waals surface area contributed by atoms with E-state index in [2.05, 4.69) is 77.4 Å². The van der Waals surface area contributed by atoms with E-state index in [1.165, 1.54) is 27.6 Å². The first-order valence-corrected chi connectivity index (χ1v) is 10.5. The summed E-state index contributed by atoms with van der Waals surface area (Å²) in [6.45, 7) is 6.28. The first-order chi connectivity index (χ1) is 14.2. The topological polar surface area (TPSA) is 44.0 Å². The first kappa shape index (κ1) is 18.1. The van der Waals surface area contributed by atoms with Crippen molar-refractivity contribution >= 4 is 27.4 Å². The Morgan fingerprint density at radius 2 is 1.97 bits per heavy atom. The van der Waals surface area contributed by atoms with E-state index in [1.807, 2.05) is 12.3 Å². The van der Waals surface area contributed by atoms with Gasteiger partial charge in [0.15, 0.2) is 6.23 Å². The molecular formula is C25H27N3O. The molecule has 2 aromatic carbocycles. The van der Waals surface area contributed by atoms with Crippen LogP contribution in [0.5, 0.6) is 5.75 Å². The van der Waals surface area contributed by atoms with E-state index >= 15 is 0 Å². The van der Waals surface area contributed by atoms with Crippen molar-refractivity contribution in [1.82, 2.24) is 14.9 Å². The number of benzene rings is 2. The van der Waals surface area contributed by atoms with Gasteiger partial charge in [-0.1, -0.05) is 37.3 Å². The smallest absolute Gasteiger partial charge is 0.152 e. The lowest BCUT2D eigenvalue weighted by Crippen LogP contribution is -2.41. The molecular weight excluding hydrogens is 358 g/mol. The molecule has 4 nitrogen and oxygen atoms in total. The number of nitrogens with one attached hydrogen (secondary N) is 2. The number of aromatic nitrogens is 2. The van der Waals surface area contributed by atoms with Crippen LogP contribution in [0.2, 0.25) is 0 Å². The number of aryl methyl sites for hydroxylation is 1. The molecule has 0 aliphatic carbocycles. The molecule has 2 N–H and O–H groups in total. The van der Waals surface area contributed by atoms with E-state index < -0.39 is 0 Å². The highest BCUT2D eigenvalue weighted by Gasteiger charge is 2.23. The number of hydrogen-bond donors (Lipinski definition) is 2. The Kier molecular flexibility index (Phi) is 4.64. The number of hydrogen-bond acceptors (Lipinski definition) is 2. The molecule has 0 saturated carbocycles. The van der Waals surface area contributed by atoms with Crippen LogP contribution in [0, 0.1) is 6.92 Å². The zero-order chi connectivity index (χ0) is 19.8. The van der Waals surface area contributed by atoms with Crippen molar-refractivity contribution in [3.8, 4) is 5.75 Å². The maximum absolute atomic E-state index is 6.46. The zero-order valence-corrected chi connectivity index (χ0v) is 17.0. The van der Waals surface area contributed by atoms with E-state index in [0.29, 0.717) is 0 Å². The van der Waals surface area contributed by atoms with E-state index in [0.717, 1.165) is 42.6 Å². The predicted octanol–water partition coefficient (Wildman–Crippen LogP) is 5.86. The standard InChI is InChI=1S/C25H27N3O/c1-3-24(29-23-9-5-8-22-20(23)10-13-26-22)28-14-11-18(12-15-28)21-16-27-25-17(2)6-4-7-19(21)25/h4-11,13,16,24,26-27H,3,12,14-15H2,1-2H3. The van der Waals surface area contributed by atoms with Crippen molar-refractivity contribution in [3.63, 3.8) is 0 Å². The van der Waals surface area contributed by atoms with E-state index in [9.17, 15) is 0 Å². The van der Waals surface area contributed by atoms with Crippen LogP contribution >= 0.6 is 0 Å². The molecule has 1 aliphatic rings. The second-order valence-corrected chi connectivity index (χ2v) is 7.85. The van der Waals surface area contributed by atoms with Gasteiger partial charge in [0, 0.05) is 52.9 Å². The fourth-order valence-electron chi connectivity index (χ4n) is 4.48. The number of aromatic amines is 2. The third-order valence-electron chi connectivity index (χ3n) is 6.08. The molecule has 148 valence electrons. The number of nitrogens with zero attached hydrogens (tertiary/aromatic N) is 1. The maximum Gasteiger partial charge on any atom is 0.152 e. The van der Waals surface area contributed by atoms with Gasteiger partial charge in [-0.3, -0.25) is 4.90 Å². The summed E-state index contributed by atoms with van der Waals surface area (Å²) in [4.78, 5) is 9.17. The van der Waals surface area contributed by atoms with Gasteiger partial charge in [0.1, 0.15) is 5.75 Å². The van der Waals surface area contributed by atoms with Crippen molar-refractivity contribution in [2.24, 2.45) is 0 Å². The van der Waals surface area contributed by atoms with Crippen LogP contribution in [0.3, 0.4) is 0 Å². The molecule has 4 heteroatoms. The monoisotopic (exact) mass is 385 g/mol. The lowest BCUT2D eigenvalue weighted by Gasteiger charge is -2.33. The van der Waals surface area contributed by atoms with Gasteiger partial charge in [0.25, 0.3) is 0 Å². The Morgan fingerprint density at radius 3 is 2.79 bits per heavy atom. The van der Waals surface area contributed by atoms with Crippen LogP contribution in [-0.4, -0.2) is 34.2 Å². The molecule has 1 atom stereocenters. The molecule has 0 bridgehead atoms. The highest BCUT2D eigenvalue weighted by atomic mass is 16.5. The van der Waals surface area contributed by atoms with E-state index in [4.69, 9.17) is 4.74 Å². The maximum atomic E-state index is 6.46. The van der Waals surface area contributed by atoms with Crippen molar-refractivity contribution < 1.29 is 4.74 Å². The van der Waals surface area contributed by atoms with Crippen LogP contribution in [0.15, 0.2) is 60.9 Å². The Morgan fingerprint density at radius 1 is 1.07 bits per heavy atom. The second-order valence-electron chi connectivity index (χ2n) is 7.85. The Bertz CT molecular complexity index is 1180. The minimum atomic E-state index is 0.0820. The molecule has 4 aromatic rings. The third kappa shape index (κ3) is 3.23. The van der Waals surface area contributed by atoms with Crippen molar-refractivity contribution in [1.29, 1.82) is 0 Å². The van der Waals surface area contributed by atoms with Crippen LogP contribution in [0.4, 0.5) is 0 Å². The van der Waals surface area contributed by atoms with Crippen LogP contribution in [0.1, 0.15) is 30.9 Å². The van der Waals surface area contributed by atoms with E-state index in [-0.39, 0.29) is 6.23 Å². The minimum absolute atomic E-state index is 0.0820. The van der Waals surface area contributed by atoms with Crippen LogP contribution in [-0.2, 0) is 0 Å². The average Bonchev–Trinajstić information content (AvgIpc) is 3.40. The quantitative estimate of drug-likeness (QED) is 0.452. The molecule has 0 amide bonds. The Hall–Kier alpha value is -2.98. The van der Waals surface area contributed by atoms with Crippen LogP contribution in [0.25, 0.3) is 27.4 Å². The van der Waals surface area contributed by atoms with Gasteiger partial charge in [0.2, 0.25) is 0 Å². The summed E-state index contributed by atoms with van der Waals surface area (Å²) >= 11 is 0. The number of ether oxygens (including phenoxy) is 1. The van der Waals surface area contributed by atoms with Gasteiger partial charge in [-0.15, -0.1) is 0 Å². The summed E-state index contributed by atoms with van der Waals surface area (Å²) in [5, 5.41) is 2.47. The summed E-state index contributed by atoms with van der Waals surface area (Å²) in [6.07, 6.45) is 8.58. The van der Waals surface area contributed by atoms with Gasteiger partial charge >= 0.3 is 0 Å². The number of H-pyrrole nitrogens is 2. The highest BCUT2D eigenvalue weighted by Crippen LogP contribution is 2.32. The first-order valence-electron chi connectivity index (χ1n) is 10.5. The van der Waals surface area contributed by atoms with Crippen molar-refractivity contribution in [2.45, 2.75) is 32.9 Å². The van der Waals surface area contributed by atoms with Crippen molar-refractivity contribution in [2.75, 3.05) is 13.1 Å². The summed E-state index contributed by atoms with van der Waals surface area (Å²) in [5.74, 6) is 0.956. The molecule has 5 rings (SSSR count). The second kappa shape index (κ2) is 7.45. The Labute approximate surface area is 171 Å².